The molecule has 1 N–H and O–H groups in total. The lowest BCUT2D eigenvalue weighted by Gasteiger charge is -2.42. The zero-order chi connectivity index (χ0) is 33.5. The Hall–Kier alpha value is -3.36. The Morgan fingerprint density at radius 3 is 1.88 bits per heavy atom. The number of amides is 3. The first kappa shape index (κ1) is 37.7. The molecule has 0 saturated heterocycles. The predicted molar refractivity (Wildman–Crippen MR) is 170 cm³/mol. The van der Waals surface area contributed by atoms with Gasteiger partial charge in [-0.1, -0.05) is 84.9 Å². The molecule has 0 aromatic heterocycles. The number of hydrogen-bond acceptors (Lipinski definition) is 6. The monoisotopic (exact) mass is 601 g/mol. The molecule has 1 rings (SSSR count). The summed E-state index contributed by atoms with van der Waals surface area (Å²) in [5, 5.41) is 3.01. The summed E-state index contributed by atoms with van der Waals surface area (Å²) in [6.45, 7) is 22.3. The van der Waals surface area contributed by atoms with E-state index in [4.69, 9.17) is 9.47 Å². The molecule has 0 aliphatic heterocycles. The van der Waals surface area contributed by atoms with Gasteiger partial charge in [-0.3, -0.25) is 14.5 Å². The zero-order valence-electron chi connectivity index (χ0n) is 28.8. The van der Waals surface area contributed by atoms with Crippen molar-refractivity contribution in [3.05, 3.63) is 47.5 Å². The standard InChI is InChI=1S/C34H55N3O6/c1-15-42-30(40)23(4)21-25(22(2)3)36(13)29(39)26(32(5,6)7)35-28(38)27(37(14)31(41)43-33(8,9)10)34(11,12)24-19-17-16-18-20-24/h16-22,25-27H,15H2,1-14H3,(H,35,38)/b23-21+/t25-,26?,27-/m1/s1. The van der Waals surface area contributed by atoms with Gasteiger partial charge < -0.3 is 19.7 Å². The Bertz CT molecular complexity index is 1140. The Morgan fingerprint density at radius 2 is 1.44 bits per heavy atom. The third-order valence-electron chi connectivity index (χ3n) is 7.41. The van der Waals surface area contributed by atoms with Crippen molar-refractivity contribution in [1.29, 1.82) is 0 Å². The summed E-state index contributed by atoms with van der Waals surface area (Å²) in [6, 6.07) is 7.09. The predicted octanol–water partition coefficient (Wildman–Crippen LogP) is 5.72. The maximum atomic E-state index is 14.3. The molecule has 3 atom stereocenters. The highest BCUT2D eigenvalue weighted by atomic mass is 16.6. The van der Waals surface area contributed by atoms with Crippen LogP contribution >= 0.6 is 0 Å². The summed E-state index contributed by atoms with van der Waals surface area (Å²) in [6.07, 6.45) is 1.09. The van der Waals surface area contributed by atoms with E-state index in [1.807, 2.05) is 78.8 Å². The maximum Gasteiger partial charge on any atom is 0.410 e. The van der Waals surface area contributed by atoms with Crippen LogP contribution in [0, 0.1) is 11.3 Å². The molecule has 0 aliphatic rings. The smallest absolute Gasteiger partial charge is 0.410 e. The number of nitrogens with one attached hydrogen (secondary N) is 1. The molecule has 1 aromatic carbocycles. The van der Waals surface area contributed by atoms with Crippen LogP contribution in [0.4, 0.5) is 4.79 Å². The van der Waals surface area contributed by atoms with E-state index in [1.165, 1.54) is 4.90 Å². The fourth-order valence-electron chi connectivity index (χ4n) is 4.99. The fraction of sp³-hybridized carbons (Fsp3) is 0.647. The van der Waals surface area contributed by atoms with E-state index in [2.05, 4.69) is 5.32 Å². The van der Waals surface area contributed by atoms with Crippen LogP contribution in [0.1, 0.15) is 88.6 Å². The quantitative estimate of drug-likeness (QED) is 0.257. The summed E-state index contributed by atoms with van der Waals surface area (Å²) in [4.78, 5) is 56.9. The van der Waals surface area contributed by atoms with Crippen LogP contribution in [-0.2, 0) is 29.3 Å². The third kappa shape index (κ3) is 10.4. The van der Waals surface area contributed by atoms with Crippen LogP contribution in [0.5, 0.6) is 0 Å². The molecular weight excluding hydrogens is 546 g/mol. The van der Waals surface area contributed by atoms with E-state index >= 15 is 0 Å². The van der Waals surface area contributed by atoms with Gasteiger partial charge in [-0.2, -0.15) is 0 Å². The number of esters is 1. The average molecular weight is 602 g/mol. The van der Waals surface area contributed by atoms with Gasteiger partial charge in [-0.05, 0) is 51.5 Å². The Kier molecular flexibility index (Phi) is 13.0. The van der Waals surface area contributed by atoms with Gasteiger partial charge >= 0.3 is 12.1 Å². The number of benzene rings is 1. The van der Waals surface area contributed by atoms with Crippen molar-refractivity contribution in [3.8, 4) is 0 Å². The van der Waals surface area contributed by atoms with E-state index in [9.17, 15) is 19.2 Å². The van der Waals surface area contributed by atoms with Crippen molar-refractivity contribution in [3.63, 3.8) is 0 Å². The molecule has 242 valence electrons. The number of carbonyl (C=O) groups excluding carboxylic acids is 4. The van der Waals surface area contributed by atoms with Gasteiger partial charge in [0.15, 0.2) is 0 Å². The first-order valence-corrected chi connectivity index (χ1v) is 15.0. The first-order valence-electron chi connectivity index (χ1n) is 15.0. The highest BCUT2D eigenvalue weighted by Gasteiger charge is 2.45. The number of rotatable bonds is 11. The van der Waals surface area contributed by atoms with Crippen LogP contribution in [0.3, 0.4) is 0 Å². The summed E-state index contributed by atoms with van der Waals surface area (Å²) in [7, 11) is 3.21. The van der Waals surface area contributed by atoms with Crippen LogP contribution in [0.2, 0.25) is 0 Å². The highest BCUT2D eigenvalue weighted by molar-refractivity contribution is 5.93. The van der Waals surface area contributed by atoms with E-state index in [1.54, 1.807) is 59.7 Å². The Morgan fingerprint density at radius 1 is 0.907 bits per heavy atom. The van der Waals surface area contributed by atoms with E-state index in [0.29, 0.717) is 5.57 Å². The van der Waals surface area contributed by atoms with Gasteiger partial charge in [-0.25, -0.2) is 9.59 Å². The molecule has 1 aromatic rings. The third-order valence-corrected chi connectivity index (χ3v) is 7.41. The maximum absolute atomic E-state index is 14.3. The number of hydrogen-bond donors (Lipinski definition) is 1. The molecule has 0 radical (unpaired) electrons. The molecule has 1 unspecified atom stereocenters. The molecule has 0 aliphatic carbocycles. The molecule has 0 fully saturated rings. The second kappa shape index (κ2) is 14.9. The zero-order valence-corrected chi connectivity index (χ0v) is 28.8. The van der Waals surface area contributed by atoms with Gasteiger partial charge in [0, 0.05) is 25.1 Å². The molecule has 43 heavy (non-hydrogen) atoms. The minimum atomic E-state index is -1.01. The fourth-order valence-corrected chi connectivity index (χ4v) is 4.99. The van der Waals surface area contributed by atoms with Crippen LogP contribution in [0.25, 0.3) is 0 Å². The number of carbonyl (C=O) groups is 4. The van der Waals surface area contributed by atoms with E-state index in [0.717, 1.165) is 5.56 Å². The Balaban J connectivity index is 3.58. The van der Waals surface area contributed by atoms with Crippen LogP contribution < -0.4 is 5.32 Å². The average Bonchev–Trinajstić information content (AvgIpc) is 2.88. The van der Waals surface area contributed by atoms with E-state index < -0.39 is 52.5 Å². The summed E-state index contributed by atoms with van der Waals surface area (Å²) >= 11 is 0. The summed E-state index contributed by atoms with van der Waals surface area (Å²) in [5.41, 5.74) is -1.06. The van der Waals surface area contributed by atoms with Crippen molar-refractivity contribution in [2.24, 2.45) is 11.3 Å². The van der Waals surface area contributed by atoms with Gasteiger partial charge in [-0.15, -0.1) is 0 Å². The van der Waals surface area contributed by atoms with Crippen molar-refractivity contribution < 1.29 is 28.7 Å². The van der Waals surface area contributed by atoms with Crippen molar-refractivity contribution in [2.45, 2.75) is 112 Å². The summed E-state index contributed by atoms with van der Waals surface area (Å²) in [5.74, 6) is -1.27. The van der Waals surface area contributed by atoms with Gasteiger partial charge in [0.25, 0.3) is 0 Å². The van der Waals surface area contributed by atoms with E-state index in [-0.39, 0.29) is 18.4 Å². The first-order chi connectivity index (χ1) is 19.6. The summed E-state index contributed by atoms with van der Waals surface area (Å²) < 4.78 is 10.8. The lowest BCUT2D eigenvalue weighted by Crippen LogP contribution is -2.63. The second-order valence-corrected chi connectivity index (χ2v) is 14.1. The second-order valence-electron chi connectivity index (χ2n) is 14.1. The highest BCUT2D eigenvalue weighted by Crippen LogP contribution is 2.32. The number of likely N-dealkylation sites (N-methyl/N-ethyl adjacent to an activating group) is 2. The SMILES string of the molecule is CCOC(=O)/C(C)=C/[C@H](C(C)C)N(C)C(=O)C(NC(=O)[C@@H](N(C)C(=O)OC(C)(C)C)C(C)(C)c1ccccc1)C(C)(C)C. The molecule has 9 nitrogen and oxygen atoms in total. The molecule has 0 saturated carbocycles. The molecule has 0 spiro atoms. The minimum absolute atomic E-state index is 0.0299. The van der Waals surface area contributed by atoms with Gasteiger partial charge in [0.1, 0.15) is 17.7 Å². The van der Waals surface area contributed by atoms with Crippen molar-refractivity contribution in [2.75, 3.05) is 20.7 Å². The topological polar surface area (TPSA) is 105 Å². The molecule has 3 amide bonds. The van der Waals surface area contributed by atoms with Crippen molar-refractivity contribution >= 4 is 23.9 Å². The normalized spacial score (nSPS) is 14.8. The molecule has 0 bridgehead atoms. The van der Waals surface area contributed by atoms with Crippen LogP contribution in [-0.4, -0.2) is 78.1 Å². The Labute approximate surface area is 259 Å². The molecule has 9 heteroatoms. The van der Waals surface area contributed by atoms with Gasteiger partial charge in [0.05, 0.1) is 12.6 Å². The number of nitrogens with zero attached hydrogens (tertiary/aromatic N) is 2. The number of ether oxygens (including phenoxy) is 2. The largest absolute Gasteiger partial charge is 0.463 e. The van der Waals surface area contributed by atoms with Crippen LogP contribution in [0.15, 0.2) is 42.0 Å². The minimum Gasteiger partial charge on any atom is -0.463 e. The molecular formula is C34H55N3O6. The van der Waals surface area contributed by atoms with Gasteiger partial charge in [0.2, 0.25) is 11.8 Å². The lowest BCUT2D eigenvalue weighted by atomic mass is 9.76. The van der Waals surface area contributed by atoms with Crippen molar-refractivity contribution in [1.82, 2.24) is 15.1 Å². The lowest BCUT2D eigenvalue weighted by molar-refractivity contribution is -0.142. The molecule has 0 heterocycles.